The standard InChI is InChI=1S/C28H20/c1-2-20-17-25-18-23-15-9-10-16-24(23)19-26(25)28(22-13-7-4-8-14-22)27(20)21-11-5-3-6-12-21/h2-19H,1H2. The van der Waals surface area contributed by atoms with E-state index in [2.05, 4.69) is 110 Å². The number of hydrogen-bond donors (Lipinski definition) is 0. The van der Waals surface area contributed by atoms with Crippen LogP contribution in [0.15, 0.2) is 110 Å². The first-order valence-corrected chi connectivity index (χ1v) is 9.58. The van der Waals surface area contributed by atoms with Gasteiger partial charge in [-0.3, -0.25) is 0 Å². The van der Waals surface area contributed by atoms with Crippen molar-refractivity contribution in [1.29, 1.82) is 0 Å². The average molecular weight is 356 g/mol. The van der Waals surface area contributed by atoms with Crippen LogP contribution in [0.25, 0.3) is 49.9 Å². The summed E-state index contributed by atoms with van der Waals surface area (Å²) < 4.78 is 0. The fraction of sp³-hybridized carbons (Fsp3) is 0. The first-order chi connectivity index (χ1) is 13.8. The van der Waals surface area contributed by atoms with Crippen molar-refractivity contribution in [3.8, 4) is 22.3 Å². The molecule has 0 atom stereocenters. The number of rotatable bonds is 3. The van der Waals surface area contributed by atoms with Crippen LogP contribution in [0.2, 0.25) is 0 Å². The first-order valence-electron chi connectivity index (χ1n) is 9.58. The zero-order chi connectivity index (χ0) is 18.9. The molecular weight excluding hydrogens is 336 g/mol. The fourth-order valence-corrected chi connectivity index (χ4v) is 4.09. The van der Waals surface area contributed by atoms with Gasteiger partial charge in [-0.05, 0) is 67.6 Å². The molecule has 0 fully saturated rings. The minimum Gasteiger partial charge on any atom is -0.0984 e. The Hall–Kier alpha value is -3.64. The van der Waals surface area contributed by atoms with Crippen LogP contribution in [0.4, 0.5) is 0 Å². The second-order valence-corrected chi connectivity index (χ2v) is 7.07. The smallest absolute Gasteiger partial charge is 0.00206 e. The van der Waals surface area contributed by atoms with E-state index in [9.17, 15) is 0 Å². The van der Waals surface area contributed by atoms with Gasteiger partial charge in [-0.25, -0.2) is 0 Å². The Kier molecular flexibility index (Phi) is 4.03. The van der Waals surface area contributed by atoms with Gasteiger partial charge in [0.1, 0.15) is 0 Å². The van der Waals surface area contributed by atoms with Crippen LogP contribution in [0, 0.1) is 0 Å². The second-order valence-electron chi connectivity index (χ2n) is 7.07. The second kappa shape index (κ2) is 6.83. The Morgan fingerprint density at radius 3 is 1.64 bits per heavy atom. The summed E-state index contributed by atoms with van der Waals surface area (Å²) in [5.74, 6) is 0. The van der Waals surface area contributed by atoms with Crippen molar-refractivity contribution in [3.63, 3.8) is 0 Å². The van der Waals surface area contributed by atoms with Crippen LogP contribution in [0.3, 0.4) is 0 Å². The van der Waals surface area contributed by atoms with E-state index in [1.807, 2.05) is 6.08 Å². The van der Waals surface area contributed by atoms with Crippen molar-refractivity contribution in [3.05, 3.63) is 115 Å². The van der Waals surface area contributed by atoms with Gasteiger partial charge in [0.2, 0.25) is 0 Å². The van der Waals surface area contributed by atoms with Gasteiger partial charge in [0.25, 0.3) is 0 Å². The zero-order valence-corrected chi connectivity index (χ0v) is 15.6. The van der Waals surface area contributed by atoms with Crippen LogP contribution in [0.5, 0.6) is 0 Å². The molecule has 0 amide bonds. The highest BCUT2D eigenvalue weighted by Gasteiger charge is 2.16. The molecule has 5 rings (SSSR count). The molecule has 0 radical (unpaired) electrons. The summed E-state index contributed by atoms with van der Waals surface area (Å²) in [7, 11) is 0. The molecule has 0 saturated heterocycles. The van der Waals surface area contributed by atoms with Crippen molar-refractivity contribution in [2.24, 2.45) is 0 Å². The largest absolute Gasteiger partial charge is 0.0984 e. The molecule has 0 aromatic heterocycles. The van der Waals surface area contributed by atoms with E-state index in [0.717, 1.165) is 5.56 Å². The van der Waals surface area contributed by atoms with Gasteiger partial charge in [-0.1, -0.05) is 97.6 Å². The molecule has 132 valence electrons. The number of fused-ring (bicyclic) bond motifs is 2. The predicted molar refractivity (Wildman–Crippen MR) is 122 cm³/mol. The van der Waals surface area contributed by atoms with Gasteiger partial charge in [0.15, 0.2) is 0 Å². The van der Waals surface area contributed by atoms with Crippen molar-refractivity contribution < 1.29 is 0 Å². The highest BCUT2D eigenvalue weighted by Crippen LogP contribution is 2.42. The summed E-state index contributed by atoms with van der Waals surface area (Å²) in [5, 5.41) is 5.04. The fourth-order valence-electron chi connectivity index (χ4n) is 4.09. The Bertz CT molecular complexity index is 1300. The summed E-state index contributed by atoms with van der Waals surface area (Å²) in [6.07, 6.45) is 1.98. The molecule has 0 saturated carbocycles. The van der Waals surface area contributed by atoms with E-state index in [0.29, 0.717) is 0 Å². The van der Waals surface area contributed by atoms with Gasteiger partial charge in [-0.15, -0.1) is 0 Å². The van der Waals surface area contributed by atoms with Crippen molar-refractivity contribution >= 4 is 27.6 Å². The Labute approximate surface area is 165 Å². The molecule has 0 spiro atoms. The summed E-state index contributed by atoms with van der Waals surface area (Å²) >= 11 is 0. The molecule has 28 heavy (non-hydrogen) atoms. The molecule has 0 bridgehead atoms. The van der Waals surface area contributed by atoms with Crippen molar-refractivity contribution in [2.75, 3.05) is 0 Å². The lowest BCUT2D eigenvalue weighted by Gasteiger charge is -2.18. The number of hydrogen-bond acceptors (Lipinski definition) is 0. The van der Waals surface area contributed by atoms with Crippen molar-refractivity contribution in [1.82, 2.24) is 0 Å². The zero-order valence-electron chi connectivity index (χ0n) is 15.6. The van der Waals surface area contributed by atoms with Crippen LogP contribution in [-0.4, -0.2) is 0 Å². The maximum absolute atomic E-state index is 4.12. The average Bonchev–Trinajstić information content (AvgIpc) is 2.77. The molecule has 0 aliphatic heterocycles. The number of benzene rings is 5. The third-order valence-corrected chi connectivity index (χ3v) is 5.38. The molecule has 0 aliphatic carbocycles. The molecule has 5 aromatic rings. The molecule has 0 heterocycles. The van der Waals surface area contributed by atoms with E-state index in [4.69, 9.17) is 0 Å². The lowest BCUT2D eigenvalue weighted by atomic mass is 9.85. The Morgan fingerprint density at radius 2 is 1.04 bits per heavy atom. The summed E-state index contributed by atoms with van der Waals surface area (Å²) in [4.78, 5) is 0. The first kappa shape index (κ1) is 16.5. The molecule has 0 N–H and O–H groups in total. The minimum atomic E-state index is 1.16. The van der Waals surface area contributed by atoms with Crippen LogP contribution >= 0.6 is 0 Å². The summed E-state index contributed by atoms with van der Waals surface area (Å²) in [5.41, 5.74) is 6.11. The Balaban J connectivity index is 1.99. The maximum atomic E-state index is 4.12. The van der Waals surface area contributed by atoms with Gasteiger partial charge < -0.3 is 0 Å². The SMILES string of the molecule is C=Cc1cc2cc3ccccc3cc2c(-c2ccccc2)c1-c1ccccc1. The minimum absolute atomic E-state index is 1.16. The van der Waals surface area contributed by atoms with Crippen LogP contribution in [-0.2, 0) is 0 Å². The van der Waals surface area contributed by atoms with Crippen LogP contribution < -0.4 is 0 Å². The van der Waals surface area contributed by atoms with E-state index in [-0.39, 0.29) is 0 Å². The third-order valence-electron chi connectivity index (χ3n) is 5.38. The van der Waals surface area contributed by atoms with Crippen LogP contribution in [0.1, 0.15) is 5.56 Å². The quantitative estimate of drug-likeness (QED) is 0.288. The lowest BCUT2D eigenvalue weighted by Crippen LogP contribution is -1.92. The van der Waals surface area contributed by atoms with E-state index < -0.39 is 0 Å². The Morgan fingerprint density at radius 1 is 0.500 bits per heavy atom. The monoisotopic (exact) mass is 356 g/mol. The molecule has 0 nitrogen and oxygen atoms in total. The van der Waals surface area contributed by atoms with Crippen molar-refractivity contribution in [2.45, 2.75) is 0 Å². The topological polar surface area (TPSA) is 0 Å². The summed E-state index contributed by atoms with van der Waals surface area (Å²) in [6, 6.07) is 36.8. The van der Waals surface area contributed by atoms with E-state index >= 15 is 0 Å². The lowest BCUT2D eigenvalue weighted by molar-refractivity contribution is 1.59. The van der Waals surface area contributed by atoms with Gasteiger partial charge in [0, 0.05) is 0 Å². The van der Waals surface area contributed by atoms with Gasteiger partial charge in [0.05, 0.1) is 0 Å². The van der Waals surface area contributed by atoms with E-state index in [1.165, 1.54) is 43.8 Å². The van der Waals surface area contributed by atoms with Gasteiger partial charge >= 0.3 is 0 Å². The predicted octanol–water partition coefficient (Wildman–Crippen LogP) is 7.97. The highest BCUT2D eigenvalue weighted by atomic mass is 14.2. The highest BCUT2D eigenvalue weighted by molar-refractivity contribution is 6.11. The molecule has 0 heteroatoms. The third kappa shape index (κ3) is 2.71. The normalized spacial score (nSPS) is 11.0. The van der Waals surface area contributed by atoms with E-state index in [1.54, 1.807) is 0 Å². The summed E-state index contributed by atoms with van der Waals surface area (Å²) in [6.45, 7) is 4.12. The van der Waals surface area contributed by atoms with Gasteiger partial charge in [-0.2, -0.15) is 0 Å². The molecular formula is C28H20. The molecule has 0 unspecified atom stereocenters. The maximum Gasteiger partial charge on any atom is -0.00206 e. The molecule has 0 aliphatic rings. The molecule has 5 aromatic carbocycles.